The van der Waals surface area contributed by atoms with E-state index in [2.05, 4.69) is 53.1 Å². The van der Waals surface area contributed by atoms with E-state index in [9.17, 15) is 5.11 Å². The molecule has 1 aliphatic heterocycles. The lowest BCUT2D eigenvalue weighted by molar-refractivity contribution is 0.0650. The number of piperidine rings is 1. The van der Waals surface area contributed by atoms with E-state index in [1.54, 1.807) is 0 Å². The molecular formula is C19H25ClN2O. The summed E-state index contributed by atoms with van der Waals surface area (Å²) in [5, 5.41) is 19.9. The van der Waals surface area contributed by atoms with Crippen molar-refractivity contribution in [3.05, 3.63) is 48.0 Å². The van der Waals surface area contributed by atoms with Crippen LogP contribution in [0.3, 0.4) is 0 Å². The highest BCUT2D eigenvalue weighted by Crippen LogP contribution is 2.30. The highest BCUT2D eigenvalue weighted by molar-refractivity contribution is 6.20. The van der Waals surface area contributed by atoms with Gasteiger partial charge in [0.15, 0.2) is 0 Å². The minimum Gasteiger partial charge on any atom is -0.392 e. The average molecular weight is 333 g/mol. The van der Waals surface area contributed by atoms with Crippen molar-refractivity contribution in [1.29, 1.82) is 0 Å². The SMILES string of the molecule is CNC[C@H](c1ccc2ccccc2c1)[C@H](O)C1CCC(Cl)NC1. The zero-order valence-electron chi connectivity index (χ0n) is 13.5. The van der Waals surface area contributed by atoms with E-state index in [0.717, 1.165) is 25.9 Å². The summed E-state index contributed by atoms with van der Waals surface area (Å²) in [6, 6.07) is 14.9. The van der Waals surface area contributed by atoms with E-state index < -0.39 is 0 Å². The van der Waals surface area contributed by atoms with Crippen molar-refractivity contribution in [2.75, 3.05) is 20.1 Å². The first-order chi connectivity index (χ1) is 11.2. The van der Waals surface area contributed by atoms with Gasteiger partial charge in [-0.2, -0.15) is 0 Å². The largest absolute Gasteiger partial charge is 0.392 e. The van der Waals surface area contributed by atoms with E-state index in [0.29, 0.717) is 0 Å². The minimum absolute atomic E-state index is 0.0434. The molecule has 0 amide bonds. The van der Waals surface area contributed by atoms with Crippen molar-refractivity contribution in [3.63, 3.8) is 0 Å². The van der Waals surface area contributed by atoms with Crippen LogP contribution in [-0.4, -0.2) is 36.8 Å². The second kappa shape index (κ2) is 7.63. The number of alkyl halides is 1. The first-order valence-corrected chi connectivity index (χ1v) is 8.81. The molecule has 4 heteroatoms. The number of aliphatic hydroxyl groups excluding tert-OH is 1. The molecule has 0 saturated carbocycles. The number of likely N-dealkylation sites (N-methyl/N-ethyl adjacent to an activating group) is 1. The summed E-state index contributed by atoms with van der Waals surface area (Å²) in [6.45, 7) is 1.55. The third-order valence-electron chi connectivity index (χ3n) is 4.91. The fraction of sp³-hybridized carbons (Fsp3) is 0.474. The molecule has 1 aliphatic rings. The highest BCUT2D eigenvalue weighted by atomic mass is 35.5. The predicted molar refractivity (Wildman–Crippen MR) is 97.0 cm³/mol. The van der Waals surface area contributed by atoms with Gasteiger partial charge in [0, 0.05) is 19.0 Å². The van der Waals surface area contributed by atoms with Gasteiger partial charge in [-0.05, 0) is 42.1 Å². The number of hydrogen-bond donors (Lipinski definition) is 3. The van der Waals surface area contributed by atoms with Crippen molar-refractivity contribution >= 4 is 22.4 Å². The Balaban J connectivity index is 1.84. The monoisotopic (exact) mass is 332 g/mol. The van der Waals surface area contributed by atoms with Gasteiger partial charge in [-0.15, -0.1) is 11.6 Å². The van der Waals surface area contributed by atoms with Gasteiger partial charge in [-0.25, -0.2) is 0 Å². The Bertz CT molecular complexity index is 640. The maximum Gasteiger partial charge on any atom is 0.0825 e. The molecule has 3 nitrogen and oxygen atoms in total. The van der Waals surface area contributed by atoms with Gasteiger partial charge in [0.2, 0.25) is 0 Å². The molecule has 23 heavy (non-hydrogen) atoms. The summed E-state index contributed by atoms with van der Waals surface area (Å²) >= 11 is 6.10. The Hall–Kier alpha value is -1.13. The lowest BCUT2D eigenvalue weighted by atomic mass is 9.81. The van der Waals surface area contributed by atoms with Crippen LogP contribution in [0.5, 0.6) is 0 Å². The Kier molecular flexibility index (Phi) is 5.54. The maximum absolute atomic E-state index is 11.0. The molecule has 0 bridgehead atoms. The van der Waals surface area contributed by atoms with Crippen molar-refractivity contribution < 1.29 is 5.11 Å². The molecule has 0 aliphatic carbocycles. The Labute approximate surface area is 143 Å². The number of benzene rings is 2. The van der Waals surface area contributed by atoms with Crippen molar-refractivity contribution in [3.8, 4) is 0 Å². The van der Waals surface area contributed by atoms with Crippen LogP contribution in [-0.2, 0) is 0 Å². The topological polar surface area (TPSA) is 44.3 Å². The molecule has 3 N–H and O–H groups in total. The van der Waals surface area contributed by atoms with Crippen LogP contribution >= 0.6 is 11.6 Å². The molecule has 2 unspecified atom stereocenters. The van der Waals surface area contributed by atoms with Gasteiger partial charge in [0.05, 0.1) is 11.6 Å². The normalized spacial score (nSPS) is 24.5. The quantitative estimate of drug-likeness (QED) is 0.582. The fourth-order valence-corrected chi connectivity index (χ4v) is 3.77. The number of aliphatic hydroxyl groups is 1. The van der Waals surface area contributed by atoms with Crippen LogP contribution in [0, 0.1) is 5.92 Å². The van der Waals surface area contributed by atoms with Gasteiger partial charge in [-0.1, -0.05) is 42.5 Å². The number of halogens is 1. The number of hydrogen-bond acceptors (Lipinski definition) is 3. The van der Waals surface area contributed by atoms with Crippen LogP contribution in [0.15, 0.2) is 42.5 Å². The summed E-state index contributed by atoms with van der Waals surface area (Å²) in [4.78, 5) is 0. The van der Waals surface area contributed by atoms with E-state index in [1.165, 1.54) is 16.3 Å². The summed E-state index contributed by atoms with van der Waals surface area (Å²) in [5.74, 6) is 0.332. The molecule has 3 rings (SSSR count). The third-order valence-corrected chi connectivity index (χ3v) is 5.29. The Morgan fingerprint density at radius 2 is 2.00 bits per heavy atom. The second-order valence-electron chi connectivity index (χ2n) is 6.47. The first kappa shape index (κ1) is 16.7. The summed E-state index contributed by atoms with van der Waals surface area (Å²) in [5.41, 5.74) is 1.24. The minimum atomic E-state index is -0.375. The highest BCUT2D eigenvalue weighted by Gasteiger charge is 2.31. The average Bonchev–Trinajstić information content (AvgIpc) is 2.59. The maximum atomic E-state index is 11.0. The summed E-state index contributed by atoms with van der Waals surface area (Å²) in [6.07, 6.45) is 1.50. The Morgan fingerprint density at radius 3 is 2.70 bits per heavy atom. The molecular weight excluding hydrogens is 308 g/mol. The van der Waals surface area contributed by atoms with Gasteiger partial charge >= 0.3 is 0 Å². The molecule has 0 radical (unpaired) electrons. The molecule has 2 aromatic carbocycles. The number of fused-ring (bicyclic) bond motifs is 1. The van der Waals surface area contributed by atoms with E-state index in [1.807, 2.05) is 7.05 Å². The van der Waals surface area contributed by atoms with Crippen LogP contribution in [0.4, 0.5) is 0 Å². The number of rotatable bonds is 5. The summed E-state index contributed by atoms with van der Waals surface area (Å²) < 4.78 is 0. The van der Waals surface area contributed by atoms with Crippen molar-refractivity contribution in [2.45, 2.75) is 30.4 Å². The van der Waals surface area contributed by atoms with Crippen LogP contribution in [0.2, 0.25) is 0 Å². The lowest BCUT2D eigenvalue weighted by Crippen LogP contribution is -2.44. The van der Waals surface area contributed by atoms with E-state index >= 15 is 0 Å². The zero-order chi connectivity index (χ0) is 16.2. The third kappa shape index (κ3) is 3.86. The van der Waals surface area contributed by atoms with Crippen molar-refractivity contribution in [1.82, 2.24) is 10.6 Å². The Morgan fingerprint density at radius 1 is 1.22 bits per heavy atom. The molecule has 0 spiro atoms. The fourth-order valence-electron chi connectivity index (χ4n) is 3.56. The molecule has 0 aromatic heterocycles. The lowest BCUT2D eigenvalue weighted by Gasteiger charge is -2.34. The first-order valence-electron chi connectivity index (χ1n) is 8.38. The van der Waals surface area contributed by atoms with Gasteiger partial charge in [0.25, 0.3) is 0 Å². The molecule has 1 saturated heterocycles. The molecule has 4 atom stereocenters. The predicted octanol–water partition coefficient (Wildman–Crippen LogP) is 3.07. The van der Waals surface area contributed by atoms with Crippen LogP contribution in [0.25, 0.3) is 10.8 Å². The molecule has 1 fully saturated rings. The summed E-state index contributed by atoms with van der Waals surface area (Å²) in [7, 11) is 1.94. The standard InChI is InChI=1S/C19H25ClN2O/c1-21-12-17(19(23)16-8-9-18(20)22-11-16)15-7-6-13-4-2-3-5-14(13)10-15/h2-7,10,16-19,21-23H,8-9,11-12H2,1H3/t16?,17-,18?,19-/m1/s1. The van der Waals surface area contributed by atoms with Gasteiger partial charge < -0.3 is 15.7 Å². The van der Waals surface area contributed by atoms with Gasteiger partial charge in [-0.3, -0.25) is 0 Å². The van der Waals surface area contributed by atoms with E-state index in [-0.39, 0.29) is 23.4 Å². The smallest absolute Gasteiger partial charge is 0.0825 e. The zero-order valence-corrected chi connectivity index (χ0v) is 14.3. The van der Waals surface area contributed by atoms with Gasteiger partial charge in [0.1, 0.15) is 0 Å². The van der Waals surface area contributed by atoms with Crippen LogP contribution < -0.4 is 10.6 Å². The second-order valence-corrected chi connectivity index (χ2v) is 7.00. The molecule has 124 valence electrons. The number of nitrogens with one attached hydrogen (secondary N) is 2. The van der Waals surface area contributed by atoms with Crippen molar-refractivity contribution in [2.24, 2.45) is 5.92 Å². The van der Waals surface area contributed by atoms with E-state index in [4.69, 9.17) is 11.6 Å². The van der Waals surface area contributed by atoms with Crippen LogP contribution in [0.1, 0.15) is 24.3 Å². The molecule has 2 aromatic rings. The molecule has 1 heterocycles.